The first kappa shape index (κ1) is 24.4. The van der Waals surface area contributed by atoms with Gasteiger partial charge in [0.05, 0.1) is 11.1 Å². The number of aromatic nitrogens is 6. The zero-order chi connectivity index (χ0) is 26.6. The highest BCUT2D eigenvalue weighted by Crippen LogP contribution is 2.47. The molecule has 0 bridgehead atoms. The number of pyridine rings is 1. The van der Waals surface area contributed by atoms with Crippen molar-refractivity contribution in [3.05, 3.63) is 42.0 Å². The van der Waals surface area contributed by atoms with Crippen LogP contribution in [0.2, 0.25) is 0 Å². The number of ketones is 1. The van der Waals surface area contributed by atoms with E-state index in [0.717, 1.165) is 74.0 Å². The van der Waals surface area contributed by atoms with E-state index in [2.05, 4.69) is 34.1 Å². The lowest BCUT2D eigenvalue weighted by molar-refractivity contribution is -0.128. The summed E-state index contributed by atoms with van der Waals surface area (Å²) in [6.07, 6.45) is 11.6. The Bertz CT molecular complexity index is 1540. The van der Waals surface area contributed by atoms with Crippen molar-refractivity contribution in [2.75, 3.05) is 13.6 Å². The van der Waals surface area contributed by atoms with E-state index in [0.29, 0.717) is 35.6 Å². The summed E-state index contributed by atoms with van der Waals surface area (Å²) in [6, 6.07) is 6.12. The Hall–Kier alpha value is -3.66. The summed E-state index contributed by atoms with van der Waals surface area (Å²) in [5.41, 5.74) is 3.36. The normalized spacial score (nSPS) is 24.4. The van der Waals surface area contributed by atoms with Crippen molar-refractivity contribution in [2.45, 2.75) is 82.3 Å². The van der Waals surface area contributed by atoms with Crippen LogP contribution in [0.4, 0.5) is 0 Å². The van der Waals surface area contributed by atoms with Gasteiger partial charge in [0.25, 0.3) is 0 Å². The van der Waals surface area contributed by atoms with Gasteiger partial charge in [-0.05, 0) is 77.6 Å². The zero-order valence-corrected chi connectivity index (χ0v) is 22.5. The Morgan fingerprint density at radius 2 is 2.03 bits per heavy atom. The maximum absolute atomic E-state index is 13.2. The fourth-order valence-electron chi connectivity index (χ4n) is 6.88. The maximum atomic E-state index is 13.2. The molecule has 10 heteroatoms. The summed E-state index contributed by atoms with van der Waals surface area (Å²) in [5.74, 6) is 1.98. The number of Topliss-reactive ketones (excluding diaryl/α,β-unsaturated/α-hetero) is 1. The lowest BCUT2D eigenvalue weighted by Gasteiger charge is -2.36. The molecule has 0 unspecified atom stereocenters. The summed E-state index contributed by atoms with van der Waals surface area (Å²) < 4.78 is 14.2. The van der Waals surface area contributed by atoms with Crippen LogP contribution >= 0.6 is 0 Å². The monoisotopic (exact) mass is 527 g/mol. The molecular formula is C29H33N7O3. The summed E-state index contributed by atoms with van der Waals surface area (Å²) in [6.45, 7) is 3.18. The van der Waals surface area contributed by atoms with Crippen LogP contribution in [0.1, 0.15) is 69.6 Å². The predicted octanol–water partition coefficient (Wildman–Crippen LogP) is 4.42. The standard InChI is InChI=1S/C29H33N7O3/c1-18(22-8-6-13-35(22)2)38-25-16-21(19-10-14-36-24(15-19)30-17-31-36)32-28(33-25)26-20-7-5-12-29(27(20)39-34-26)11-4-3-9-23(29)37/h10,14-18,22H,3-9,11-13H2,1-2H3/t18-,22-,29+/m0/s1. The number of carbonyl (C=O) groups is 1. The van der Waals surface area contributed by atoms with E-state index < -0.39 is 5.41 Å². The molecule has 2 aliphatic carbocycles. The molecule has 39 heavy (non-hydrogen) atoms. The number of likely N-dealkylation sites (N-methyl/N-ethyl adjacent to an activating group) is 1. The number of likely N-dealkylation sites (tertiary alicyclic amines) is 1. The molecule has 1 saturated carbocycles. The number of fused-ring (bicyclic) bond motifs is 3. The Morgan fingerprint density at radius 1 is 1.13 bits per heavy atom. The van der Waals surface area contributed by atoms with E-state index in [1.807, 2.05) is 24.4 Å². The zero-order valence-electron chi connectivity index (χ0n) is 22.5. The van der Waals surface area contributed by atoms with Gasteiger partial charge in [-0.15, -0.1) is 0 Å². The third kappa shape index (κ3) is 4.12. The van der Waals surface area contributed by atoms with E-state index in [4.69, 9.17) is 19.2 Å². The van der Waals surface area contributed by atoms with Crippen LogP contribution in [0.15, 0.2) is 35.2 Å². The van der Waals surface area contributed by atoms with Crippen molar-refractivity contribution in [1.82, 2.24) is 34.6 Å². The molecule has 0 N–H and O–H groups in total. The smallest absolute Gasteiger partial charge is 0.217 e. The second-order valence-corrected chi connectivity index (χ2v) is 11.3. The van der Waals surface area contributed by atoms with E-state index in [1.54, 1.807) is 4.52 Å². The minimum Gasteiger partial charge on any atom is -0.473 e. The summed E-state index contributed by atoms with van der Waals surface area (Å²) >= 11 is 0. The Labute approximate surface area is 226 Å². The molecule has 202 valence electrons. The van der Waals surface area contributed by atoms with Crippen LogP contribution in [-0.2, 0) is 16.6 Å². The number of ether oxygens (including phenoxy) is 1. The molecule has 4 aromatic heterocycles. The Morgan fingerprint density at radius 3 is 2.87 bits per heavy atom. The number of rotatable bonds is 5. The molecule has 0 radical (unpaired) electrons. The maximum Gasteiger partial charge on any atom is 0.217 e. The average Bonchev–Trinajstić information content (AvgIpc) is 3.69. The number of nitrogens with zero attached hydrogens (tertiary/aromatic N) is 7. The minimum absolute atomic E-state index is 0.0403. The molecule has 10 nitrogen and oxygen atoms in total. The summed E-state index contributed by atoms with van der Waals surface area (Å²) in [4.78, 5) is 29.7. The van der Waals surface area contributed by atoms with Gasteiger partial charge in [-0.25, -0.2) is 14.5 Å². The van der Waals surface area contributed by atoms with Crippen molar-refractivity contribution < 1.29 is 14.1 Å². The van der Waals surface area contributed by atoms with Crippen molar-refractivity contribution in [1.29, 1.82) is 0 Å². The first-order chi connectivity index (χ1) is 19.0. The highest BCUT2D eigenvalue weighted by molar-refractivity contribution is 5.91. The molecule has 2 fully saturated rings. The topological polar surface area (TPSA) is 112 Å². The summed E-state index contributed by atoms with van der Waals surface area (Å²) in [7, 11) is 2.15. The van der Waals surface area contributed by atoms with Crippen molar-refractivity contribution in [3.8, 4) is 28.7 Å². The first-order valence-electron chi connectivity index (χ1n) is 14.1. The predicted molar refractivity (Wildman–Crippen MR) is 143 cm³/mol. The second-order valence-electron chi connectivity index (χ2n) is 11.3. The first-order valence-corrected chi connectivity index (χ1v) is 14.1. The molecular weight excluding hydrogens is 494 g/mol. The molecule has 5 heterocycles. The van der Waals surface area contributed by atoms with E-state index in [-0.39, 0.29) is 11.9 Å². The third-order valence-electron chi connectivity index (χ3n) is 8.96. The second kappa shape index (κ2) is 9.51. The van der Waals surface area contributed by atoms with Gasteiger partial charge >= 0.3 is 0 Å². The van der Waals surface area contributed by atoms with E-state index in [9.17, 15) is 4.79 Å². The van der Waals surface area contributed by atoms with Crippen LogP contribution in [0.3, 0.4) is 0 Å². The molecule has 3 aliphatic rings. The molecule has 0 aromatic carbocycles. The van der Waals surface area contributed by atoms with Crippen LogP contribution in [0.25, 0.3) is 28.4 Å². The van der Waals surface area contributed by atoms with E-state index in [1.165, 1.54) is 12.7 Å². The lowest BCUT2D eigenvalue weighted by Crippen LogP contribution is -2.41. The van der Waals surface area contributed by atoms with Crippen molar-refractivity contribution in [2.24, 2.45) is 0 Å². The fraction of sp³-hybridized carbons (Fsp3) is 0.517. The Kier molecular flexibility index (Phi) is 5.95. The third-order valence-corrected chi connectivity index (χ3v) is 8.96. The quantitative estimate of drug-likeness (QED) is 0.372. The molecule has 1 spiro atoms. The molecule has 1 aliphatic heterocycles. The number of carbonyl (C=O) groups excluding carboxylic acids is 1. The number of hydrogen-bond acceptors (Lipinski definition) is 9. The van der Waals surface area contributed by atoms with Gasteiger partial charge in [0.15, 0.2) is 22.9 Å². The van der Waals surface area contributed by atoms with Gasteiger partial charge in [-0.3, -0.25) is 9.69 Å². The van der Waals surface area contributed by atoms with Crippen molar-refractivity contribution >= 4 is 11.4 Å². The SMILES string of the molecule is C[C@H](Oc1cc(-c2ccn3ncnc3c2)nc(-c2noc3c2CCC[C@@]32CCCCC2=O)n1)[C@@H]1CCCN1C. The van der Waals surface area contributed by atoms with Crippen LogP contribution in [0, 0.1) is 0 Å². The van der Waals surface area contributed by atoms with Crippen molar-refractivity contribution in [3.63, 3.8) is 0 Å². The van der Waals surface area contributed by atoms with Gasteiger partial charge in [-0.2, -0.15) is 10.1 Å². The van der Waals surface area contributed by atoms with Gasteiger partial charge in [0, 0.05) is 35.9 Å². The molecule has 4 aromatic rings. The average molecular weight is 528 g/mol. The fourth-order valence-corrected chi connectivity index (χ4v) is 6.88. The van der Waals surface area contributed by atoms with Crippen LogP contribution in [-0.4, -0.2) is 66.1 Å². The largest absolute Gasteiger partial charge is 0.473 e. The minimum atomic E-state index is -0.547. The Balaban J connectivity index is 1.32. The van der Waals surface area contributed by atoms with Crippen LogP contribution in [0.5, 0.6) is 5.88 Å². The highest BCUT2D eigenvalue weighted by atomic mass is 16.5. The molecule has 3 atom stereocenters. The van der Waals surface area contributed by atoms with Crippen LogP contribution < -0.4 is 4.74 Å². The van der Waals surface area contributed by atoms with Gasteiger partial charge in [0.1, 0.15) is 18.2 Å². The van der Waals surface area contributed by atoms with Gasteiger partial charge in [0.2, 0.25) is 5.88 Å². The number of hydrogen-bond donors (Lipinski definition) is 0. The molecule has 1 saturated heterocycles. The highest BCUT2D eigenvalue weighted by Gasteiger charge is 2.48. The van der Waals surface area contributed by atoms with E-state index >= 15 is 0 Å². The lowest BCUT2D eigenvalue weighted by atomic mass is 9.64. The molecule has 0 amide bonds. The van der Waals surface area contributed by atoms with Gasteiger partial charge in [-0.1, -0.05) is 11.6 Å². The summed E-state index contributed by atoms with van der Waals surface area (Å²) in [5, 5.41) is 8.70. The van der Waals surface area contributed by atoms with Gasteiger partial charge < -0.3 is 9.26 Å². The molecule has 7 rings (SSSR count).